The summed E-state index contributed by atoms with van der Waals surface area (Å²) < 4.78 is 0. The van der Waals surface area contributed by atoms with Crippen LogP contribution in [0.2, 0.25) is 0 Å². The van der Waals surface area contributed by atoms with Crippen LogP contribution >= 0.6 is 0 Å². The fourth-order valence-corrected chi connectivity index (χ4v) is 8.46. The molecule has 1 aliphatic carbocycles. The van der Waals surface area contributed by atoms with Crippen molar-refractivity contribution in [1.29, 1.82) is 0 Å². The summed E-state index contributed by atoms with van der Waals surface area (Å²) in [6, 6.07) is 9.44. The number of fused-ring (bicyclic) bond motifs is 1. The smallest absolute Gasteiger partial charge is 0.251 e. The lowest BCUT2D eigenvalue weighted by molar-refractivity contribution is -0.144. The molecular formula is C47H69N9O7. The van der Waals surface area contributed by atoms with E-state index in [1.807, 2.05) is 59.7 Å². The van der Waals surface area contributed by atoms with Crippen LogP contribution in [0.3, 0.4) is 0 Å². The Hall–Kier alpha value is -5.35. The summed E-state index contributed by atoms with van der Waals surface area (Å²) in [5.74, 6) is -2.50. The van der Waals surface area contributed by atoms with Gasteiger partial charge in [0.1, 0.15) is 18.1 Å². The third-order valence-corrected chi connectivity index (χ3v) is 12.6. The predicted molar refractivity (Wildman–Crippen MR) is 240 cm³/mol. The van der Waals surface area contributed by atoms with Gasteiger partial charge in [0.25, 0.3) is 11.8 Å². The van der Waals surface area contributed by atoms with Crippen molar-refractivity contribution >= 4 is 41.4 Å². The number of hydrogen-bond acceptors (Lipinski definition) is 9. The number of carbonyl (C=O) groups excluding carboxylic acids is 7. The second-order valence-electron chi connectivity index (χ2n) is 19.5. The summed E-state index contributed by atoms with van der Waals surface area (Å²) in [6.07, 6.45) is 3.23. The van der Waals surface area contributed by atoms with E-state index in [1.54, 1.807) is 51.0 Å². The maximum atomic E-state index is 14.5. The van der Waals surface area contributed by atoms with Crippen LogP contribution in [0.4, 0.5) is 0 Å². The number of hydrogen-bond donors (Lipinski definition) is 7. The molecule has 7 amide bonds. The molecule has 0 aromatic heterocycles. The molecule has 2 aliphatic heterocycles. The molecular weight excluding hydrogens is 803 g/mol. The molecule has 0 spiro atoms. The summed E-state index contributed by atoms with van der Waals surface area (Å²) >= 11 is 0. The number of carbonyl (C=O) groups is 7. The standard InChI is InChI=1S/C47H69N9O7/c1-27(48-9)39(57)53-37(46(3,4)5)44(62)55-22-21-32(25-55)50-41(59)30-17-13-18-31(23-30)42(60)51-33-24-36(43(61)52-35-20-14-16-29-15-11-12-19-34(29)35)56(26-33)45(63)38(47(6,7)8)54-40(58)28(2)49-10/h11-13,15,17-19,23,27-28,32-33,35-38,48-49H,14,16,20-22,24-26H2,1-10H3,(H,50,59)(H,51,60)(H,52,61)(H,53,57)(H,54,58). The molecule has 2 saturated heterocycles. The SMILES string of the molecule is CNC(C)C(=O)NC(C(=O)N1CCC(NC(=O)c2cccc(C(=O)NC3CC(C(=O)NC4CCCc5ccccc54)N(C(=O)C(NC(=O)C(C)NC)C(C)(C)C)C3)c2)C1)C(C)(C)C. The Bertz CT molecular complexity index is 2030. The number of rotatable bonds is 14. The molecule has 8 atom stereocenters. The molecule has 16 nitrogen and oxygen atoms in total. The van der Waals surface area contributed by atoms with E-state index in [2.05, 4.69) is 43.3 Å². The molecule has 2 aromatic rings. The van der Waals surface area contributed by atoms with Crippen LogP contribution in [0, 0.1) is 10.8 Å². The molecule has 16 heteroatoms. The van der Waals surface area contributed by atoms with Gasteiger partial charge in [0.15, 0.2) is 0 Å². The fourth-order valence-electron chi connectivity index (χ4n) is 8.46. The first-order valence-electron chi connectivity index (χ1n) is 22.3. The lowest BCUT2D eigenvalue weighted by atomic mass is 9.85. The fraction of sp³-hybridized carbons (Fsp3) is 0.596. The molecule has 3 aliphatic rings. The zero-order chi connectivity index (χ0) is 46.4. The second kappa shape index (κ2) is 20.4. The summed E-state index contributed by atoms with van der Waals surface area (Å²) in [4.78, 5) is 98.9. The molecule has 344 valence electrons. The maximum absolute atomic E-state index is 14.5. The van der Waals surface area contributed by atoms with Crippen molar-refractivity contribution in [2.24, 2.45) is 10.8 Å². The Morgan fingerprint density at radius 1 is 0.667 bits per heavy atom. The number of nitrogens with one attached hydrogen (secondary N) is 7. The Kier molecular flexibility index (Phi) is 15.8. The Morgan fingerprint density at radius 3 is 1.79 bits per heavy atom. The number of amides is 7. The highest BCUT2D eigenvalue weighted by molar-refractivity contribution is 6.00. The molecule has 2 aromatic carbocycles. The Morgan fingerprint density at radius 2 is 1.22 bits per heavy atom. The van der Waals surface area contributed by atoms with Crippen LogP contribution in [0.25, 0.3) is 0 Å². The van der Waals surface area contributed by atoms with E-state index in [-0.39, 0.29) is 66.3 Å². The van der Waals surface area contributed by atoms with Crippen molar-refractivity contribution < 1.29 is 33.6 Å². The molecule has 2 heterocycles. The lowest BCUT2D eigenvalue weighted by Gasteiger charge is -2.36. The maximum Gasteiger partial charge on any atom is 0.251 e. The average Bonchev–Trinajstić information content (AvgIpc) is 3.90. The third-order valence-electron chi connectivity index (χ3n) is 12.6. The van der Waals surface area contributed by atoms with Gasteiger partial charge in [-0.1, -0.05) is 71.9 Å². The molecule has 0 bridgehead atoms. The Labute approximate surface area is 372 Å². The van der Waals surface area contributed by atoms with Crippen LogP contribution in [-0.4, -0.2) is 127 Å². The van der Waals surface area contributed by atoms with Crippen molar-refractivity contribution in [3.05, 3.63) is 70.8 Å². The first kappa shape index (κ1) is 48.7. The molecule has 0 saturated carbocycles. The second-order valence-corrected chi connectivity index (χ2v) is 19.5. The molecule has 8 unspecified atom stereocenters. The highest BCUT2D eigenvalue weighted by Gasteiger charge is 2.46. The first-order valence-corrected chi connectivity index (χ1v) is 22.3. The topological polar surface area (TPSA) is 210 Å². The van der Waals surface area contributed by atoms with Gasteiger partial charge in [-0.25, -0.2) is 0 Å². The Balaban J connectivity index is 1.28. The summed E-state index contributed by atoms with van der Waals surface area (Å²) in [5, 5.41) is 20.8. The van der Waals surface area contributed by atoms with Gasteiger partial charge in [-0.05, 0) is 100 Å². The van der Waals surface area contributed by atoms with Crippen molar-refractivity contribution in [2.75, 3.05) is 33.7 Å². The number of aryl methyl sites for hydroxylation is 1. The van der Waals surface area contributed by atoms with E-state index in [0.29, 0.717) is 13.0 Å². The van der Waals surface area contributed by atoms with E-state index in [4.69, 9.17) is 0 Å². The molecule has 5 rings (SSSR count). The first-order chi connectivity index (χ1) is 29.6. The van der Waals surface area contributed by atoms with E-state index in [9.17, 15) is 33.6 Å². The van der Waals surface area contributed by atoms with Crippen LogP contribution in [-0.2, 0) is 30.4 Å². The number of likely N-dealkylation sites (N-methyl/N-ethyl adjacent to an activating group) is 2. The number of likely N-dealkylation sites (tertiary alicyclic amines) is 2. The van der Waals surface area contributed by atoms with Crippen LogP contribution in [0.5, 0.6) is 0 Å². The van der Waals surface area contributed by atoms with E-state index in [1.165, 1.54) is 16.5 Å². The normalized spacial score (nSPS) is 21.9. The highest BCUT2D eigenvalue weighted by atomic mass is 16.2. The summed E-state index contributed by atoms with van der Waals surface area (Å²) in [6.45, 7) is 15.4. The zero-order valence-electron chi connectivity index (χ0n) is 38.6. The van der Waals surface area contributed by atoms with Gasteiger partial charge in [-0.3, -0.25) is 33.6 Å². The monoisotopic (exact) mass is 872 g/mol. The van der Waals surface area contributed by atoms with Gasteiger partial charge in [-0.2, -0.15) is 0 Å². The number of nitrogens with zero attached hydrogens (tertiary/aromatic N) is 2. The van der Waals surface area contributed by atoms with Gasteiger partial charge in [0.2, 0.25) is 29.5 Å². The van der Waals surface area contributed by atoms with Gasteiger partial charge >= 0.3 is 0 Å². The van der Waals surface area contributed by atoms with E-state index in [0.717, 1.165) is 24.8 Å². The van der Waals surface area contributed by atoms with Crippen molar-refractivity contribution in [3.63, 3.8) is 0 Å². The largest absolute Gasteiger partial charge is 0.347 e. The third kappa shape index (κ3) is 12.0. The van der Waals surface area contributed by atoms with Gasteiger partial charge in [-0.15, -0.1) is 0 Å². The quantitative estimate of drug-likeness (QED) is 0.148. The molecule has 2 fully saturated rings. The van der Waals surface area contributed by atoms with Crippen molar-refractivity contribution in [3.8, 4) is 0 Å². The van der Waals surface area contributed by atoms with E-state index < -0.39 is 64.8 Å². The molecule has 63 heavy (non-hydrogen) atoms. The average molecular weight is 872 g/mol. The predicted octanol–water partition coefficient (Wildman–Crippen LogP) is 2.19. The van der Waals surface area contributed by atoms with Gasteiger partial charge in [0.05, 0.1) is 18.1 Å². The summed E-state index contributed by atoms with van der Waals surface area (Å²) in [7, 11) is 3.33. The minimum absolute atomic E-state index is 0.0271. The molecule has 0 radical (unpaired) electrons. The minimum atomic E-state index is -0.964. The number of benzene rings is 2. The lowest BCUT2D eigenvalue weighted by Crippen LogP contribution is -2.59. The van der Waals surface area contributed by atoms with E-state index >= 15 is 0 Å². The van der Waals surface area contributed by atoms with Crippen LogP contribution in [0.15, 0.2) is 48.5 Å². The minimum Gasteiger partial charge on any atom is -0.347 e. The van der Waals surface area contributed by atoms with Gasteiger partial charge in [0, 0.05) is 42.8 Å². The van der Waals surface area contributed by atoms with Crippen LogP contribution in [0.1, 0.15) is 119 Å². The van der Waals surface area contributed by atoms with Crippen molar-refractivity contribution in [2.45, 2.75) is 136 Å². The van der Waals surface area contributed by atoms with Crippen LogP contribution < -0.4 is 37.2 Å². The highest BCUT2D eigenvalue weighted by Crippen LogP contribution is 2.32. The molecule has 7 N–H and O–H groups in total. The van der Waals surface area contributed by atoms with Gasteiger partial charge < -0.3 is 47.0 Å². The zero-order valence-corrected chi connectivity index (χ0v) is 38.6. The van der Waals surface area contributed by atoms with Crippen molar-refractivity contribution in [1.82, 2.24) is 47.0 Å². The summed E-state index contributed by atoms with van der Waals surface area (Å²) in [5.41, 5.74) is 1.43.